The molecule has 6 heteroatoms. The number of anilines is 1. The molecule has 6 nitrogen and oxygen atoms in total. The molecule has 1 amide bonds. The van der Waals surface area contributed by atoms with E-state index in [1.165, 1.54) is 0 Å². The Bertz CT molecular complexity index is 858. The van der Waals surface area contributed by atoms with Gasteiger partial charge in [0.2, 0.25) is 0 Å². The molecule has 0 saturated heterocycles. The largest absolute Gasteiger partial charge is 0.486 e. The van der Waals surface area contributed by atoms with Gasteiger partial charge in [-0.25, -0.2) is 4.98 Å². The van der Waals surface area contributed by atoms with Crippen molar-refractivity contribution in [2.45, 2.75) is 0 Å². The van der Waals surface area contributed by atoms with Crippen molar-refractivity contribution in [2.75, 3.05) is 18.5 Å². The number of aromatic nitrogens is 2. The number of carbonyl (C=O) groups excluding carboxylic acids is 1. The van der Waals surface area contributed by atoms with Crippen LogP contribution in [0.4, 0.5) is 5.69 Å². The van der Waals surface area contributed by atoms with Crippen molar-refractivity contribution >= 4 is 11.6 Å². The van der Waals surface area contributed by atoms with Gasteiger partial charge < -0.3 is 19.4 Å². The molecule has 1 aliphatic heterocycles. The number of hydrogen-bond donors (Lipinski definition) is 1. The van der Waals surface area contributed by atoms with Gasteiger partial charge in [-0.3, -0.25) is 4.79 Å². The summed E-state index contributed by atoms with van der Waals surface area (Å²) >= 11 is 0. The highest BCUT2D eigenvalue weighted by Crippen LogP contribution is 2.31. The predicted molar refractivity (Wildman–Crippen MR) is 88.9 cm³/mol. The number of nitrogens with one attached hydrogen (secondary N) is 1. The molecule has 120 valence electrons. The van der Waals surface area contributed by atoms with E-state index in [1.54, 1.807) is 30.7 Å². The van der Waals surface area contributed by atoms with E-state index < -0.39 is 0 Å². The number of nitrogens with zero attached hydrogens (tertiary/aromatic N) is 2. The number of imidazole rings is 1. The molecule has 0 atom stereocenters. The van der Waals surface area contributed by atoms with E-state index in [2.05, 4.69) is 10.3 Å². The fourth-order valence-electron chi connectivity index (χ4n) is 2.52. The smallest absolute Gasteiger partial charge is 0.255 e. The van der Waals surface area contributed by atoms with Crippen LogP contribution in [0.2, 0.25) is 0 Å². The summed E-state index contributed by atoms with van der Waals surface area (Å²) < 4.78 is 12.9. The van der Waals surface area contributed by atoms with Crippen LogP contribution in [0.5, 0.6) is 11.5 Å². The summed E-state index contributed by atoms with van der Waals surface area (Å²) in [5.74, 6) is 1.08. The van der Waals surface area contributed by atoms with Gasteiger partial charge in [-0.2, -0.15) is 0 Å². The van der Waals surface area contributed by atoms with Crippen molar-refractivity contribution < 1.29 is 14.3 Å². The minimum Gasteiger partial charge on any atom is -0.486 e. The molecule has 0 radical (unpaired) electrons. The quantitative estimate of drug-likeness (QED) is 0.805. The van der Waals surface area contributed by atoms with Gasteiger partial charge in [-0.1, -0.05) is 0 Å². The molecule has 2 heterocycles. The Kier molecular flexibility index (Phi) is 3.63. The van der Waals surface area contributed by atoms with Gasteiger partial charge in [0.05, 0.1) is 6.33 Å². The third-order valence-electron chi connectivity index (χ3n) is 3.73. The van der Waals surface area contributed by atoms with Gasteiger partial charge in [-0.05, 0) is 42.5 Å². The van der Waals surface area contributed by atoms with Crippen LogP contribution in [0.1, 0.15) is 10.4 Å². The molecule has 0 fully saturated rings. The maximum absolute atomic E-state index is 12.4. The van der Waals surface area contributed by atoms with Gasteiger partial charge in [0.1, 0.15) is 13.2 Å². The summed E-state index contributed by atoms with van der Waals surface area (Å²) in [6.07, 6.45) is 5.31. The molecule has 3 aromatic rings. The Balaban J connectivity index is 1.49. The molecule has 0 unspecified atom stereocenters. The van der Waals surface area contributed by atoms with Gasteiger partial charge in [0.25, 0.3) is 5.91 Å². The monoisotopic (exact) mass is 321 g/mol. The molecule has 0 aliphatic carbocycles. The Hall–Kier alpha value is -3.28. The first-order chi connectivity index (χ1) is 11.8. The van der Waals surface area contributed by atoms with Crippen molar-refractivity contribution in [1.29, 1.82) is 0 Å². The van der Waals surface area contributed by atoms with Crippen LogP contribution in [0.25, 0.3) is 5.69 Å². The fraction of sp³-hybridized carbons (Fsp3) is 0.111. The first kappa shape index (κ1) is 14.3. The zero-order chi connectivity index (χ0) is 16.4. The summed E-state index contributed by atoms with van der Waals surface area (Å²) in [7, 11) is 0. The number of hydrogen-bond acceptors (Lipinski definition) is 4. The Labute approximate surface area is 138 Å². The minimum atomic E-state index is -0.192. The number of rotatable bonds is 3. The van der Waals surface area contributed by atoms with E-state index in [-0.39, 0.29) is 5.91 Å². The van der Waals surface area contributed by atoms with Crippen LogP contribution >= 0.6 is 0 Å². The molecule has 4 rings (SSSR count). The van der Waals surface area contributed by atoms with Gasteiger partial charge in [0, 0.05) is 29.3 Å². The average molecular weight is 321 g/mol. The zero-order valence-electron chi connectivity index (χ0n) is 12.8. The molecule has 0 spiro atoms. The van der Waals surface area contributed by atoms with Gasteiger partial charge in [0.15, 0.2) is 11.5 Å². The van der Waals surface area contributed by atoms with E-state index >= 15 is 0 Å². The standard InChI is InChI=1S/C18H15N3O3/c22-18(13-1-6-16-17(11-13)24-10-9-23-16)20-14-2-4-15(5-3-14)21-8-7-19-12-21/h1-8,11-12H,9-10H2,(H,20,22). The number of amides is 1. The van der Waals surface area contributed by atoms with Crippen LogP contribution < -0.4 is 14.8 Å². The molecule has 0 saturated carbocycles. The Morgan fingerprint density at radius 2 is 1.83 bits per heavy atom. The highest BCUT2D eigenvalue weighted by Gasteiger charge is 2.15. The second-order valence-corrected chi connectivity index (χ2v) is 5.33. The van der Waals surface area contributed by atoms with Crippen LogP contribution in [0.3, 0.4) is 0 Å². The lowest BCUT2D eigenvalue weighted by Crippen LogP contribution is -2.17. The second kappa shape index (κ2) is 6.08. The third-order valence-corrected chi connectivity index (χ3v) is 3.73. The van der Waals surface area contributed by atoms with Crippen LogP contribution in [-0.4, -0.2) is 28.7 Å². The molecular formula is C18H15N3O3. The highest BCUT2D eigenvalue weighted by molar-refractivity contribution is 6.04. The lowest BCUT2D eigenvalue weighted by molar-refractivity contribution is 0.102. The van der Waals surface area contributed by atoms with Crippen LogP contribution in [0, 0.1) is 0 Å². The molecule has 1 N–H and O–H groups in total. The van der Waals surface area contributed by atoms with E-state index in [1.807, 2.05) is 35.0 Å². The summed E-state index contributed by atoms with van der Waals surface area (Å²) in [6.45, 7) is 1.02. The van der Waals surface area contributed by atoms with Crippen molar-refractivity contribution in [3.63, 3.8) is 0 Å². The van der Waals surface area contributed by atoms with E-state index in [0.717, 1.165) is 11.4 Å². The maximum atomic E-state index is 12.4. The second-order valence-electron chi connectivity index (χ2n) is 5.33. The van der Waals surface area contributed by atoms with Crippen molar-refractivity contribution in [1.82, 2.24) is 9.55 Å². The summed E-state index contributed by atoms with van der Waals surface area (Å²) in [4.78, 5) is 16.4. The summed E-state index contributed by atoms with van der Waals surface area (Å²) in [5.41, 5.74) is 2.22. The molecule has 1 aliphatic rings. The average Bonchev–Trinajstić information content (AvgIpc) is 3.16. The lowest BCUT2D eigenvalue weighted by atomic mass is 10.1. The maximum Gasteiger partial charge on any atom is 0.255 e. The van der Waals surface area contributed by atoms with Gasteiger partial charge >= 0.3 is 0 Å². The minimum absolute atomic E-state index is 0.192. The molecule has 0 bridgehead atoms. The fourth-order valence-corrected chi connectivity index (χ4v) is 2.52. The number of carbonyl (C=O) groups is 1. The number of fused-ring (bicyclic) bond motifs is 1. The van der Waals surface area contributed by atoms with Crippen LogP contribution in [0.15, 0.2) is 61.2 Å². The first-order valence-electron chi connectivity index (χ1n) is 7.59. The SMILES string of the molecule is O=C(Nc1ccc(-n2ccnc2)cc1)c1ccc2c(c1)OCCO2. The molecule has 24 heavy (non-hydrogen) atoms. The highest BCUT2D eigenvalue weighted by atomic mass is 16.6. The van der Waals surface area contributed by atoms with Crippen molar-refractivity contribution in [3.05, 3.63) is 66.7 Å². The van der Waals surface area contributed by atoms with Crippen molar-refractivity contribution in [2.24, 2.45) is 0 Å². The third kappa shape index (κ3) is 2.81. The summed E-state index contributed by atoms with van der Waals surface area (Å²) in [5, 5.41) is 2.88. The molecule has 1 aromatic heterocycles. The van der Waals surface area contributed by atoms with Gasteiger partial charge in [-0.15, -0.1) is 0 Å². The topological polar surface area (TPSA) is 65.4 Å². The molecule has 2 aromatic carbocycles. The molecular weight excluding hydrogens is 306 g/mol. The van der Waals surface area contributed by atoms with E-state index in [9.17, 15) is 4.79 Å². The Morgan fingerprint density at radius 3 is 2.58 bits per heavy atom. The van der Waals surface area contributed by atoms with Crippen molar-refractivity contribution in [3.8, 4) is 17.2 Å². The summed E-state index contributed by atoms with van der Waals surface area (Å²) in [6, 6.07) is 12.7. The van der Waals surface area contributed by atoms with Crippen LogP contribution in [-0.2, 0) is 0 Å². The predicted octanol–water partition coefficient (Wildman–Crippen LogP) is 2.90. The first-order valence-corrected chi connectivity index (χ1v) is 7.59. The van der Waals surface area contributed by atoms with E-state index in [0.29, 0.717) is 30.3 Å². The lowest BCUT2D eigenvalue weighted by Gasteiger charge is -2.18. The Morgan fingerprint density at radius 1 is 1.04 bits per heavy atom. The normalized spacial score (nSPS) is 12.7. The zero-order valence-corrected chi connectivity index (χ0v) is 12.8. The number of ether oxygens (including phenoxy) is 2. The van der Waals surface area contributed by atoms with E-state index in [4.69, 9.17) is 9.47 Å². The number of benzene rings is 2.